The van der Waals surface area contributed by atoms with Crippen LogP contribution in [0, 0.1) is 0 Å². The van der Waals surface area contributed by atoms with E-state index in [-0.39, 0.29) is 0 Å². The second kappa shape index (κ2) is 20.5. The van der Waals surface area contributed by atoms with Gasteiger partial charge in [0.05, 0.1) is 5.41 Å². The van der Waals surface area contributed by atoms with E-state index in [0.29, 0.717) is 0 Å². The van der Waals surface area contributed by atoms with Gasteiger partial charge in [0, 0.05) is 70.8 Å². The number of anilines is 6. The van der Waals surface area contributed by atoms with Crippen molar-refractivity contribution >= 4 is 90.2 Å². The average molecular weight is 1170 g/mol. The lowest BCUT2D eigenvalue weighted by atomic mass is 9.67. The molecule has 1 unspecified atom stereocenters. The Morgan fingerprint density at radius 1 is 0.326 bits per heavy atom. The predicted octanol–water partition coefficient (Wildman–Crippen LogP) is 23.7. The van der Waals surface area contributed by atoms with Crippen molar-refractivity contribution in [2.45, 2.75) is 21.6 Å². The molecule has 14 aromatic carbocycles. The highest BCUT2D eigenvalue weighted by atomic mass is 35.5. The van der Waals surface area contributed by atoms with Crippen molar-refractivity contribution in [1.29, 1.82) is 0 Å². The Morgan fingerprint density at radius 2 is 0.899 bits per heavy atom. The first-order valence-corrected chi connectivity index (χ1v) is 31.6. The van der Waals surface area contributed by atoms with Gasteiger partial charge < -0.3 is 14.2 Å². The van der Waals surface area contributed by atoms with Crippen LogP contribution < -0.4 is 9.80 Å². The third kappa shape index (κ3) is 8.14. The number of rotatable bonds is 9. The molecule has 18 rings (SSSR count). The van der Waals surface area contributed by atoms with E-state index in [0.717, 1.165) is 100 Å². The number of para-hydroxylation sites is 2. The van der Waals surface area contributed by atoms with E-state index >= 15 is 0 Å². The van der Waals surface area contributed by atoms with Crippen LogP contribution in [0.1, 0.15) is 33.4 Å². The van der Waals surface area contributed by atoms with Crippen LogP contribution >= 0.6 is 23.4 Å². The van der Waals surface area contributed by atoms with E-state index in [1.54, 1.807) is 0 Å². The van der Waals surface area contributed by atoms with E-state index in [2.05, 4.69) is 313 Å². The van der Waals surface area contributed by atoms with Crippen molar-refractivity contribution < 1.29 is 4.42 Å². The van der Waals surface area contributed by atoms with Gasteiger partial charge in [-0.15, -0.1) is 0 Å². The molecule has 3 nitrogen and oxygen atoms in total. The maximum Gasteiger partial charge on any atom is 0.143 e. The highest BCUT2D eigenvalue weighted by molar-refractivity contribution is 7.99. The standard InChI is InChI=1S/C84H53ClN2OS/c85-77-33-18-32-76-82(77)69-30-14-16-31-73(69)84(76)74-43-41-63(86(61-26-8-3-9-27-61)65-47-60-46-58-25-12-13-28-67(58)81(60)70(48-65)56-22-6-2-7-23-56)51-79(74)89-80-52-64(42-44-75(80)84)87(62-39-37-55(38-40-62)53-19-4-1-5-20-53)66-49-71(59-36-35-54-21-10-11-24-57(54)45-59)83-72(50-66)68-29-15-17-34-78(68)88-83/h1-45,47-52H,46H2. The van der Waals surface area contributed by atoms with Crippen molar-refractivity contribution in [2.75, 3.05) is 9.80 Å². The van der Waals surface area contributed by atoms with E-state index in [4.69, 9.17) is 16.0 Å². The summed E-state index contributed by atoms with van der Waals surface area (Å²) in [5.41, 5.74) is 26.7. The molecule has 0 saturated carbocycles. The summed E-state index contributed by atoms with van der Waals surface area (Å²) < 4.78 is 6.89. The van der Waals surface area contributed by atoms with Gasteiger partial charge in [0.25, 0.3) is 0 Å². The van der Waals surface area contributed by atoms with Crippen molar-refractivity contribution in [3.8, 4) is 55.6 Å². The molecule has 0 amide bonds. The van der Waals surface area contributed by atoms with E-state index in [1.807, 2.05) is 17.8 Å². The minimum absolute atomic E-state index is 0.707. The van der Waals surface area contributed by atoms with Crippen LogP contribution in [-0.2, 0) is 11.8 Å². The zero-order valence-corrected chi connectivity index (χ0v) is 49.8. The highest BCUT2D eigenvalue weighted by Gasteiger charge is 2.51. The molecule has 15 aromatic rings. The number of hydrogen-bond acceptors (Lipinski definition) is 4. The molecular weight excluding hydrogens is 1120 g/mol. The van der Waals surface area contributed by atoms with Gasteiger partial charge in [0.2, 0.25) is 0 Å². The lowest BCUT2D eigenvalue weighted by Gasteiger charge is -2.41. The van der Waals surface area contributed by atoms with Gasteiger partial charge in [-0.1, -0.05) is 242 Å². The Bertz CT molecular complexity index is 5350. The van der Waals surface area contributed by atoms with E-state index in [9.17, 15) is 0 Å². The minimum Gasteiger partial charge on any atom is -0.455 e. The first-order valence-electron chi connectivity index (χ1n) is 30.4. The molecule has 1 aliphatic heterocycles. The van der Waals surface area contributed by atoms with E-state index < -0.39 is 5.41 Å². The Morgan fingerprint density at radius 3 is 1.66 bits per heavy atom. The Labute approximate surface area is 526 Å². The maximum atomic E-state index is 7.47. The summed E-state index contributed by atoms with van der Waals surface area (Å²) in [6.45, 7) is 0. The molecule has 2 aliphatic carbocycles. The number of nitrogens with zero attached hydrogens (tertiary/aromatic N) is 2. The summed E-state index contributed by atoms with van der Waals surface area (Å²) in [6.07, 6.45) is 0.871. The summed E-state index contributed by atoms with van der Waals surface area (Å²) in [7, 11) is 0. The third-order valence-corrected chi connectivity index (χ3v) is 20.2. The fourth-order valence-electron chi connectivity index (χ4n) is 14.9. The monoisotopic (exact) mass is 1170 g/mol. The Balaban J connectivity index is 0.866. The quantitative estimate of drug-likeness (QED) is 0.143. The first kappa shape index (κ1) is 51.6. The number of hydrogen-bond donors (Lipinski definition) is 0. The summed E-state index contributed by atoms with van der Waals surface area (Å²) in [5.74, 6) is 0. The molecular formula is C84H53ClN2OS. The van der Waals surface area contributed by atoms with Crippen LogP contribution in [-0.4, -0.2) is 0 Å². The smallest absolute Gasteiger partial charge is 0.143 e. The van der Waals surface area contributed by atoms with Crippen LogP contribution in [0.25, 0.3) is 88.3 Å². The molecule has 0 saturated heterocycles. The van der Waals surface area contributed by atoms with Crippen LogP contribution in [0.15, 0.2) is 324 Å². The van der Waals surface area contributed by atoms with Crippen LogP contribution in [0.5, 0.6) is 0 Å². The second-order valence-electron chi connectivity index (χ2n) is 23.6. The van der Waals surface area contributed by atoms with Gasteiger partial charge in [-0.3, -0.25) is 0 Å². The van der Waals surface area contributed by atoms with Gasteiger partial charge in [0.1, 0.15) is 11.2 Å². The van der Waals surface area contributed by atoms with Gasteiger partial charge in [0.15, 0.2) is 0 Å². The van der Waals surface area contributed by atoms with Gasteiger partial charge >= 0.3 is 0 Å². The molecule has 0 bridgehead atoms. The molecule has 89 heavy (non-hydrogen) atoms. The Hall–Kier alpha value is -10.6. The number of fused-ring (bicyclic) bond motifs is 16. The first-order chi connectivity index (χ1) is 44.0. The minimum atomic E-state index is -0.707. The summed E-state index contributed by atoms with van der Waals surface area (Å²) in [4.78, 5) is 7.25. The molecule has 0 N–H and O–H groups in total. The molecule has 1 spiro atoms. The van der Waals surface area contributed by atoms with Crippen LogP contribution in [0.2, 0.25) is 5.02 Å². The molecule has 0 radical (unpaired) electrons. The summed E-state index contributed by atoms with van der Waals surface area (Å²) >= 11 is 9.32. The van der Waals surface area contributed by atoms with Crippen molar-refractivity contribution in [3.05, 3.63) is 348 Å². The molecule has 1 atom stereocenters. The number of benzene rings is 14. The Kier molecular flexibility index (Phi) is 11.9. The summed E-state index contributed by atoms with van der Waals surface area (Å²) in [6, 6.07) is 114. The molecule has 3 aliphatic rings. The normalized spacial score (nSPS) is 14.1. The highest BCUT2D eigenvalue weighted by Crippen LogP contribution is 2.64. The lowest BCUT2D eigenvalue weighted by molar-refractivity contribution is 0.670. The van der Waals surface area contributed by atoms with Crippen molar-refractivity contribution in [1.82, 2.24) is 0 Å². The van der Waals surface area contributed by atoms with Crippen LogP contribution in [0.4, 0.5) is 34.1 Å². The molecule has 418 valence electrons. The number of furan rings is 1. The SMILES string of the molecule is Clc1cccc2c1-c1ccccc1C21c2ccc(N(c3ccccc3)c3cc4c(c(-c5ccccc5)c3)-c3ccccc3C4)cc2Sc2cc(N(c3ccc(-c4ccccc4)cc3)c3cc(-c4ccc5ccccc5c4)c4oc5ccccc5c4c3)ccc21. The van der Waals surface area contributed by atoms with Crippen molar-refractivity contribution in [2.24, 2.45) is 0 Å². The van der Waals surface area contributed by atoms with Crippen LogP contribution in [0.3, 0.4) is 0 Å². The largest absolute Gasteiger partial charge is 0.455 e. The van der Waals surface area contributed by atoms with Gasteiger partial charge in [-0.25, -0.2) is 0 Å². The van der Waals surface area contributed by atoms with Gasteiger partial charge in [-0.2, -0.15) is 0 Å². The molecule has 5 heteroatoms. The topological polar surface area (TPSA) is 19.6 Å². The van der Waals surface area contributed by atoms with Gasteiger partial charge in [-0.05, 0) is 186 Å². The molecule has 0 fully saturated rings. The second-order valence-corrected chi connectivity index (χ2v) is 25.1. The molecule has 1 aromatic heterocycles. The number of halogens is 1. The summed E-state index contributed by atoms with van der Waals surface area (Å²) in [5, 5.41) is 5.25. The van der Waals surface area contributed by atoms with E-state index in [1.165, 1.54) is 76.9 Å². The third-order valence-electron chi connectivity index (χ3n) is 18.7. The maximum absolute atomic E-state index is 7.47. The predicted molar refractivity (Wildman–Crippen MR) is 372 cm³/mol. The average Bonchev–Trinajstić information content (AvgIpc) is 1.59. The fraction of sp³-hybridized carbons (Fsp3) is 0.0238. The lowest BCUT2D eigenvalue weighted by Crippen LogP contribution is -2.32. The fourth-order valence-corrected chi connectivity index (χ4v) is 16.4. The van der Waals surface area contributed by atoms with Crippen molar-refractivity contribution in [3.63, 3.8) is 0 Å². The zero-order chi connectivity index (χ0) is 58.7. The zero-order valence-electron chi connectivity index (χ0n) is 48.2. The molecule has 2 heterocycles.